The number of ether oxygens (including phenoxy) is 2. The van der Waals surface area contributed by atoms with Crippen LogP contribution in [0.5, 0.6) is 5.88 Å². The van der Waals surface area contributed by atoms with Crippen molar-refractivity contribution in [1.29, 1.82) is 0 Å². The van der Waals surface area contributed by atoms with Crippen LogP contribution in [0.15, 0.2) is 12.1 Å². The number of hydrogen-bond donors (Lipinski definition) is 1. The molecule has 1 N–H and O–H groups in total. The lowest BCUT2D eigenvalue weighted by molar-refractivity contribution is 0.206. The van der Waals surface area contributed by atoms with E-state index in [1.54, 1.807) is 7.11 Å². The summed E-state index contributed by atoms with van der Waals surface area (Å²) in [6.45, 7) is 3.87. The molecule has 94 valence electrons. The van der Waals surface area contributed by atoms with Gasteiger partial charge in [-0.2, -0.15) is 4.98 Å². The van der Waals surface area contributed by atoms with Crippen LogP contribution in [0.3, 0.4) is 0 Å². The molecule has 0 aromatic carbocycles. The molecule has 2 heterocycles. The van der Waals surface area contributed by atoms with Crippen molar-refractivity contribution in [3.8, 4) is 5.88 Å². The molecule has 0 fully saturated rings. The van der Waals surface area contributed by atoms with E-state index in [0.29, 0.717) is 13.2 Å². The Morgan fingerprint density at radius 1 is 1.53 bits per heavy atom. The number of likely N-dealkylation sites (N-methyl/N-ethyl adjacent to an activating group) is 1. The van der Waals surface area contributed by atoms with Crippen LogP contribution in [0.4, 0.5) is 5.82 Å². The molecule has 0 bridgehead atoms. The molecule has 0 atom stereocenters. The van der Waals surface area contributed by atoms with Crippen molar-refractivity contribution in [1.82, 2.24) is 10.3 Å². The van der Waals surface area contributed by atoms with Crippen LogP contribution in [0, 0.1) is 0 Å². The van der Waals surface area contributed by atoms with Gasteiger partial charge in [-0.25, -0.2) is 0 Å². The molecule has 1 aliphatic heterocycles. The number of anilines is 1. The van der Waals surface area contributed by atoms with Crippen molar-refractivity contribution in [3.63, 3.8) is 0 Å². The minimum Gasteiger partial charge on any atom is -0.476 e. The van der Waals surface area contributed by atoms with Gasteiger partial charge in [-0.05, 0) is 12.1 Å². The number of nitrogens with zero attached hydrogens (tertiary/aromatic N) is 2. The first-order valence-electron chi connectivity index (χ1n) is 5.85. The highest BCUT2D eigenvalue weighted by molar-refractivity contribution is 5.43. The van der Waals surface area contributed by atoms with Crippen molar-refractivity contribution in [2.45, 2.75) is 6.54 Å². The minimum absolute atomic E-state index is 0.672. The molecule has 0 aliphatic carbocycles. The average Bonchev–Trinajstić information content (AvgIpc) is 2.60. The van der Waals surface area contributed by atoms with E-state index in [1.807, 2.05) is 13.1 Å². The number of pyridine rings is 1. The highest BCUT2D eigenvalue weighted by atomic mass is 16.5. The third-order valence-electron chi connectivity index (χ3n) is 2.78. The van der Waals surface area contributed by atoms with Crippen LogP contribution in [0.1, 0.15) is 5.56 Å². The van der Waals surface area contributed by atoms with Gasteiger partial charge in [0.25, 0.3) is 0 Å². The number of hydrogen-bond acceptors (Lipinski definition) is 5. The van der Waals surface area contributed by atoms with E-state index >= 15 is 0 Å². The molecule has 0 spiro atoms. The van der Waals surface area contributed by atoms with Gasteiger partial charge < -0.3 is 19.7 Å². The topological polar surface area (TPSA) is 46.6 Å². The Morgan fingerprint density at radius 2 is 2.41 bits per heavy atom. The molecule has 1 aromatic rings. The first-order valence-corrected chi connectivity index (χ1v) is 5.85. The monoisotopic (exact) mass is 237 g/mol. The Balaban J connectivity index is 2.11. The van der Waals surface area contributed by atoms with E-state index in [0.717, 1.165) is 36.9 Å². The second-order valence-electron chi connectivity index (χ2n) is 4.07. The number of rotatable bonds is 4. The lowest BCUT2D eigenvalue weighted by atomic mass is 10.2. The van der Waals surface area contributed by atoms with Gasteiger partial charge in [-0.15, -0.1) is 0 Å². The summed E-state index contributed by atoms with van der Waals surface area (Å²) in [6, 6.07) is 4.09. The van der Waals surface area contributed by atoms with Crippen LogP contribution in [0.2, 0.25) is 0 Å². The van der Waals surface area contributed by atoms with E-state index in [9.17, 15) is 0 Å². The Morgan fingerprint density at radius 3 is 3.24 bits per heavy atom. The van der Waals surface area contributed by atoms with Crippen LogP contribution in [-0.4, -0.2) is 45.4 Å². The highest BCUT2D eigenvalue weighted by Crippen LogP contribution is 2.21. The standard InChI is InChI=1S/C12H19N3O2/c1-15(6-8-16-2)11-4-3-10-9-13-5-7-17-12(10)14-11/h3-4,13H,5-9H2,1-2H3. The Kier molecular flexibility index (Phi) is 4.17. The van der Waals surface area contributed by atoms with Gasteiger partial charge in [0.1, 0.15) is 12.4 Å². The fraction of sp³-hybridized carbons (Fsp3) is 0.583. The maximum atomic E-state index is 5.61. The smallest absolute Gasteiger partial charge is 0.219 e. The zero-order valence-corrected chi connectivity index (χ0v) is 10.4. The van der Waals surface area contributed by atoms with E-state index in [2.05, 4.69) is 21.3 Å². The predicted octanol–water partition coefficient (Wildman–Crippen LogP) is 0.646. The second-order valence-corrected chi connectivity index (χ2v) is 4.07. The molecule has 17 heavy (non-hydrogen) atoms. The zero-order valence-electron chi connectivity index (χ0n) is 10.4. The van der Waals surface area contributed by atoms with Crippen LogP contribution >= 0.6 is 0 Å². The summed E-state index contributed by atoms with van der Waals surface area (Å²) in [7, 11) is 3.70. The first kappa shape index (κ1) is 12.1. The summed E-state index contributed by atoms with van der Waals surface area (Å²) in [4.78, 5) is 6.60. The third kappa shape index (κ3) is 3.08. The van der Waals surface area contributed by atoms with E-state index in [-0.39, 0.29) is 0 Å². The molecule has 2 rings (SSSR count). The zero-order chi connectivity index (χ0) is 12.1. The molecule has 0 saturated heterocycles. The van der Waals surface area contributed by atoms with Crippen LogP contribution in [0.25, 0.3) is 0 Å². The molecule has 0 unspecified atom stereocenters. The van der Waals surface area contributed by atoms with Gasteiger partial charge in [0.15, 0.2) is 0 Å². The molecule has 5 nitrogen and oxygen atoms in total. The summed E-state index contributed by atoms with van der Waals surface area (Å²) in [5.41, 5.74) is 1.12. The van der Waals surface area contributed by atoms with Crippen molar-refractivity contribution in [3.05, 3.63) is 17.7 Å². The fourth-order valence-electron chi connectivity index (χ4n) is 1.72. The quantitative estimate of drug-likeness (QED) is 0.833. The Hall–Kier alpha value is -1.33. The van der Waals surface area contributed by atoms with Crippen LogP contribution in [-0.2, 0) is 11.3 Å². The van der Waals surface area contributed by atoms with E-state index < -0.39 is 0 Å². The molecular formula is C12H19N3O2. The van der Waals surface area contributed by atoms with Crippen LogP contribution < -0.4 is 15.0 Å². The number of aromatic nitrogens is 1. The molecule has 0 saturated carbocycles. The highest BCUT2D eigenvalue weighted by Gasteiger charge is 2.12. The number of methoxy groups -OCH3 is 1. The molecule has 1 aliphatic rings. The Labute approximate surface area is 102 Å². The SMILES string of the molecule is COCCN(C)c1ccc2c(n1)OCCNC2. The summed E-state index contributed by atoms with van der Waals surface area (Å²) in [5, 5.41) is 3.29. The Bertz CT molecular complexity index is 371. The van der Waals surface area contributed by atoms with Gasteiger partial charge in [0.2, 0.25) is 5.88 Å². The molecule has 0 radical (unpaired) electrons. The van der Waals surface area contributed by atoms with Crippen molar-refractivity contribution < 1.29 is 9.47 Å². The third-order valence-corrected chi connectivity index (χ3v) is 2.78. The van der Waals surface area contributed by atoms with E-state index in [1.165, 1.54) is 0 Å². The van der Waals surface area contributed by atoms with Gasteiger partial charge in [-0.1, -0.05) is 0 Å². The number of nitrogens with one attached hydrogen (secondary N) is 1. The molecular weight excluding hydrogens is 218 g/mol. The van der Waals surface area contributed by atoms with Gasteiger partial charge in [0, 0.05) is 39.4 Å². The normalized spacial score (nSPS) is 14.7. The van der Waals surface area contributed by atoms with Gasteiger partial charge >= 0.3 is 0 Å². The first-order chi connectivity index (χ1) is 8.31. The van der Waals surface area contributed by atoms with Gasteiger partial charge in [0.05, 0.1) is 6.61 Å². The summed E-state index contributed by atoms with van der Waals surface area (Å²) >= 11 is 0. The van der Waals surface area contributed by atoms with Crippen molar-refractivity contribution >= 4 is 5.82 Å². The summed E-state index contributed by atoms with van der Waals surface area (Å²) < 4.78 is 10.7. The average molecular weight is 237 g/mol. The molecule has 0 amide bonds. The predicted molar refractivity (Wildman–Crippen MR) is 66.6 cm³/mol. The second kappa shape index (κ2) is 5.84. The minimum atomic E-state index is 0.672. The van der Waals surface area contributed by atoms with Crippen molar-refractivity contribution in [2.75, 3.05) is 45.4 Å². The maximum absolute atomic E-state index is 5.61. The summed E-state index contributed by atoms with van der Waals surface area (Å²) in [6.07, 6.45) is 0. The van der Waals surface area contributed by atoms with Crippen molar-refractivity contribution in [2.24, 2.45) is 0 Å². The largest absolute Gasteiger partial charge is 0.476 e. The van der Waals surface area contributed by atoms with Gasteiger partial charge in [-0.3, -0.25) is 0 Å². The molecule has 1 aromatic heterocycles. The lowest BCUT2D eigenvalue weighted by Crippen LogP contribution is -2.23. The maximum Gasteiger partial charge on any atom is 0.219 e. The molecule has 5 heteroatoms. The summed E-state index contributed by atoms with van der Waals surface area (Å²) in [5.74, 6) is 1.67. The fourth-order valence-corrected chi connectivity index (χ4v) is 1.72. The van der Waals surface area contributed by atoms with E-state index in [4.69, 9.17) is 9.47 Å². The lowest BCUT2D eigenvalue weighted by Gasteiger charge is -2.18. The number of fused-ring (bicyclic) bond motifs is 1.